The summed E-state index contributed by atoms with van der Waals surface area (Å²) >= 11 is 5.34. The second-order valence-corrected chi connectivity index (χ2v) is 7.98. The molecule has 2 amide bonds. The van der Waals surface area contributed by atoms with Gasteiger partial charge in [0.1, 0.15) is 5.75 Å². The van der Waals surface area contributed by atoms with Crippen LogP contribution in [-0.4, -0.2) is 30.1 Å². The van der Waals surface area contributed by atoms with E-state index in [9.17, 15) is 9.59 Å². The number of hydrogen-bond acceptors (Lipinski definition) is 4. The third-order valence-electron chi connectivity index (χ3n) is 5.11. The first-order valence-electron chi connectivity index (χ1n) is 11.3. The molecule has 2 N–H and O–H groups in total. The average molecular weight is 476 g/mol. The van der Waals surface area contributed by atoms with Gasteiger partial charge in [0.05, 0.1) is 12.2 Å². The van der Waals surface area contributed by atoms with Crippen LogP contribution in [0.3, 0.4) is 0 Å². The molecule has 0 bridgehead atoms. The van der Waals surface area contributed by atoms with Crippen LogP contribution < -0.4 is 20.3 Å². The number of rotatable bonds is 9. The van der Waals surface area contributed by atoms with Crippen LogP contribution in [-0.2, 0) is 0 Å². The summed E-state index contributed by atoms with van der Waals surface area (Å²) in [7, 11) is 0. The first kappa shape index (κ1) is 24.9. The number of para-hydroxylation sites is 2. The first-order valence-corrected chi connectivity index (χ1v) is 11.8. The van der Waals surface area contributed by atoms with Crippen LogP contribution in [0.15, 0.2) is 78.9 Å². The average Bonchev–Trinajstić information content (AvgIpc) is 2.85. The number of unbranched alkanes of at least 4 members (excludes halogenated alkanes) is 1. The molecule has 6 nitrogen and oxygen atoms in total. The lowest BCUT2D eigenvalue weighted by molar-refractivity contribution is 0.0969. The Labute approximate surface area is 205 Å². The molecule has 0 aliphatic heterocycles. The second-order valence-electron chi connectivity index (χ2n) is 7.57. The topological polar surface area (TPSA) is 70.7 Å². The Morgan fingerprint density at radius 1 is 0.941 bits per heavy atom. The van der Waals surface area contributed by atoms with Crippen LogP contribution >= 0.6 is 12.2 Å². The number of hydrogen-bond donors (Lipinski definition) is 2. The number of carbonyl (C=O) groups is 2. The van der Waals surface area contributed by atoms with Gasteiger partial charge in [-0.2, -0.15) is 0 Å². The van der Waals surface area contributed by atoms with Gasteiger partial charge in [-0.05, 0) is 68.0 Å². The summed E-state index contributed by atoms with van der Waals surface area (Å²) in [4.78, 5) is 27.6. The minimum atomic E-state index is -0.363. The van der Waals surface area contributed by atoms with Crippen molar-refractivity contribution in [1.29, 1.82) is 0 Å². The van der Waals surface area contributed by atoms with Crippen molar-refractivity contribution in [3.8, 4) is 5.75 Å². The molecular formula is C27H29N3O3S. The molecule has 0 aliphatic rings. The molecule has 34 heavy (non-hydrogen) atoms. The highest BCUT2D eigenvalue weighted by Crippen LogP contribution is 2.20. The lowest BCUT2D eigenvalue weighted by Gasteiger charge is -2.21. The van der Waals surface area contributed by atoms with Gasteiger partial charge >= 0.3 is 0 Å². The molecule has 0 radical (unpaired) electrons. The van der Waals surface area contributed by atoms with E-state index in [1.54, 1.807) is 47.4 Å². The van der Waals surface area contributed by atoms with Crippen molar-refractivity contribution in [1.82, 2.24) is 5.32 Å². The van der Waals surface area contributed by atoms with E-state index < -0.39 is 0 Å². The fourth-order valence-electron chi connectivity index (χ4n) is 3.38. The largest absolute Gasteiger partial charge is 0.493 e. The fraction of sp³-hybridized carbons (Fsp3) is 0.222. The van der Waals surface area contributed by atoms with Gasteiger partial charge in [-0.25, -0.2) is 0 Å². The molecule has 0 aromatic heterocycles. The number of benzene rings is 3. The molecular weight excluding hydrogens is 446 g/mol. The molecule has 0 atom stereocenters. The third kappa shape index (κ3) is 6.65. The maximum atomic E-state index is 13.1. The zero-order valence-electron chi connectivity index (χ0n) is 19.4. The van der Waals surface area contributed by atoms with E-state index in [2.05, 4.69) is 17.6 Å². The number of thiocarbonyl (C=S) groups is 1. The van der Waals surface area contributed by atoms with E-state index in [1.807, 2.05) is 43.3 Å². The zero-order valence-corrected chi connectivity index (χ0v) is 20.2. The summed E-state index contributed by atoms with van der Waals surface area (Å²) in [5, 5.41) is 5.82. The Morgan fingerprint density at radius 2 is 1.68 bits per heavy atom. The number of anilines is 2. The Kier molecular flexibility index (Phi) is 9.17. The number of carbonyl (C=O) groups excluding carboxylic acids is 2. The van der Waals surface area contributed by atoms with Crippen molar-refractivity contribution >= 4 is 40.5 Å². The van der Waals surface area contributed by atoms with Crippen LogP contribution in [0.1, 0.15) is 47.4 Å². The van der Waals surface area contributed by atoms with Gasteiger partial charge < -0.3 is 15.0 Å². The molecule has 3 aromatic carbocycles. The predicted molar refractivity (Wildman–Crippen MR) is 141 cm³/mol. The highest BCUT2D eigenvalue weighted by molar-refractivity contribution is 7.80. The van der Waals surface area contributed by atoms with E-state index >= 15 is 0 Å². The highest BCUT2D eigenvalue weighted by Gasteiger charge is 2.17. The van der Waals surface area contributed by atoms with E-state index in [-0.39, 0.29) is 16.9 Å². The van der Waals surface area contributed by atoms with E-state index in [1.165, 1.54) is 0 Å². The molecule has 0 saturated carbocycles. The molecule has 0 heterocycles. The monoisotopic (exact) mass is 475 g/mol. The minimum absolute atomic E-state index is 0.120. The van der Waals surface area contributed by atoms with Crippen LogP contribution in [0.25, 0.3) is 0 Å². The van der Waals surface area contributed by atoms with E-state index in [4.69, 9.17) is 17.0 Å². The van der Waals surface area contributed by atoms with Crippen molar-refractivity contribution in [3.05, 3.63) is 90.0 Å². The molecule has 0 aliphatic carbocycles. The maximum absolute atomic E-state index is 13.1. The number of amides is 2. The predicted octanol–water partition coefficient (Wildman–Crippen LogP) is 5.66. The number of nitrogens with zero attached hydrogens (tertiary/aromatic N) is 1. The Bertz CT molecular complexity index is 1130. The second kappa shape index (κ2) is 12.5. The normalized spacial score (nSPS) is 10.3. The Balaban J connectivity index is 1.67. The van der Waals surface area contributed by atoms with Gasteiger partial charge in [0, 0.05) is 23.5 Å². The number of nitrogens with one attached hydrogen (secondary N) is 2. The SMILES string of the molecule is CCCCOc1ccccc1C(=O)NC(=S)Nc1cccc(C(=O)N(CC)c2ccccc2)c1. The molecule has 3 aromatic rings. The Morgan fingerprint density at radius 3 is 2.41 bits per heavy atom. The Hall–Kier alpha value is -3.71. The quantitative estimate of drug-likeness (QED) is 0.309. The molecule has 0 unspecified atom stereocenters. The maximum Gasteiger partial charge on any atom is 0.261 e. The summed E-state index contributed by atoms with van der Waals surface area (Å²) in [5.41, 5.74) is 2.36. The van der Waals surface area contributed by atoms with Gasteiger partial charge in [-0.15, -0.1) is 0 Å². The van der Waals surface area contributed by atoms with Crippen LogP contribution in [0.2, 0.25) is 0 Å². The van der Waals surface area contributed by atoms with E-state index in [0.717, 1.165) is 18.5 Å². The van der Waals surface area contributed by atoms with E-state index in [0.29, 0.717) is 35.7 Å². The number of ether oxygens (including phenoxy) is 1. The van der Waals surface area contributed by atoms with Crippen LogP contribution in [0, 0.1) is 0 Å². The summed E-state index contributed by atoms with van der Waals surface area (Å²) < 4.78 is 5.74. The lowest BCUT2D eigenvalue weighted by atomic mass is 10.1. The van der Waals surface area contributed by atoms with Gasteiger partial charge in [0.25, 0.3) is 11.8 Å². The molecule has 0 fully saturated rings. The van der Waals surface area contributed by atoms with Crippen molar-refractivity contribution in [3.63, 3.8) is 0 Å². The third-order valence-corrected chi connectivity index (χ3v) is 5.31. The van der Waals surface area contributed by atoms with Crippen LogP contribution in [0.5, 0.6) is 5.75 Å². The van der Waals surface area contributed by atoms with Crippen molar-refractivity contribution in [2.45, 2.75) is 26.7 Å². The first-order chi connectivity index (χ1) is 16.5. The molecule has 176 valence electrons. The smallest absolute Gasteiger partial charge is 0.261 e. The van der Waals surface area contributed by atoms with Gasteiger partial charge in [0.2, 0.25) is 0 Å². The van der Waals surface area contributed by atoms with Crippen LogP contribution in [0.4, 0.5) is 11.4 Å². The van der Waals surface area contributed by atoms with Crippen molar-refractivity contribution in [2.24, 2.45) is 0 Å². The van der Waals surface area contributed by atoms with Gasteiger partial charge in [0.15, 0.2) is 5.11 Å². The summed E-state index contributed by atoms with van der Waals surface area (Å²) in [6, 6.07) is 23.6. The standard InChI is InChI=1S/C27H29N3O3S/c1-3-5-18-33-24-17-10-9-16-23(24)25(31)29-27(34)28-21-13-11-12-20(19-21)26(32)30(4-2)22-14-7-6-8-15-22/h6-17,19H,3-5,18H2,1-2H3,(H2,28,29,31,34). The molecule has 0 spiro atoms. The minimum Gasteiger partial charge on any atom is -0.493 e. The molecule has 3 rings (SSSR count). The van der Waals surface area contributed by atoms with Gasteiger partial charge in [-0.3, -0.25) is 14.9 Å². The summed E-state index contributed by atoms with van der Waals surface area (Å²) in [5.74, 6) is 0.0351. The lowest BCUT2D eigenvalue weighted by Crippen LogP contribution is -2.34. The van der Waals surface area contributed by atoms with Crippen molar-refractivity contribution < 1.29 is 14.3 Å². The van der Waals surface area contributed by atoms with Gasteiger partial charge in [-0.1, -0.05) is 49.7 Å². The summed E-state index contributed by atoms with van der Waals surface area (Å²) in [6.45, 7) is 5.09. The molecule has 7 heteroatoms. The fourth-order valence-corrected chi connectivity index (χ4v) is 3.59. The highest BCUT2D eigenvalue weighted by atomic mass is 32.1. The van der Waals surface area contributed by atoms with Crippen molar-refractivity contribution in [2.75, 3.05) is 23.4 Å². The molecule has 0 saturated heterocycles. The zero-order chi connectivity index (χ0) is 24.3. The summed E-state index contributed by atoms with van der Waals surface area (Å²) in [6.07, 6.45) is 1.91.